The molecule has 1 amide bonds. The zero-order valence-corrected chi connectivity index (χ0v) is 12.7. The van der Waals surface area contributed by atoms with Crippen LogP contribution in [0.2, 0.25) is 0 Å². The highest BCUT2D eigenvalue weighted by molar-refractivity contribution is 7.14. The summed E-state index contributed by atoms with van der Waals surface area (Å²) in [7, 11) is 0. The monoisotopic (exact) mass is 309 g/mol. The molecule has 0 saturated carbocycles. The highest BCUT2D eigenvalue weighted by atomic mass is 32.1. The van der Waals surface area contributed by atoms with Crippen LogP contribution in [0.4, 0.5) is 5.69 Å². The predicted octanol–water partition coefficient (Wildman–Crippen LogP) is 3.88. The minimum absolute atomic E-state index is 0.0243. The summed E-state index contributed by atoms with van der Waals surface area (Å²) in [6.45, 7) is 0. The Kier molecular flexibility index (Phi) is 3.27. The number of rotatable bonds is 3. The van der Waals surface area contributed by atoms with Gasteiger partial charge in [0.25, 0.3) is 5.91 Å². The van der Waals surface area contributed by atoms with Gasteiger partial charge in [0, 0.05) is 22.3 Å². The number of aryl methyl sites for hydroxylation is 2. The number of nitrogens with zero attached hydrogens (tertiary/aromatic N) is 1. The Bertz CT molecular complexity index is 799. The lowest BCUT2D eigenvalue weighted by Crippen LogP contribution is -2.10. The van der Waals surface area contributed by atoms with Crippen LogP contribution >= 0.6 is 11.3 Å². The van der Waals surface area contributed by atoms with E-state index in [0.717, 1.165) is 34.5 Å². The minimum atomic E-state index is -0.0243. The molecule has 110 valence electrons. The van der Waals surface area contributed by atoms with Gasteiger partial charge in [-0.25, -0.2) is 0 Å². The van der Waals surface area contributed by atoms with Gasteiger partial charge in [0.1, 0.15) is 0 Å². The molecule has 0 fully saturated rings. The maximum absolute atomic E-state index is 12.4. The number of hydrogen-bond donors (Lipinski definition) is 2. The van der Waals surface area contributed by atoms with Gasteiger partial charge in [0.15, 0.2) is 0 Å². The fourth-order valence-corrected chi connectivity index (χ4v) is 3.97. The SMILES string of the molecule is O=C(Nc1cccc(-c2cn[nH]c2)c1)c1cc2c(s1)CCC2. The predicted molar refractivity (Wildman–Crippen MR) is 88.3 cm³/mol. The molecule has 22 heavy (non-hydrogen) atoms. The molecule has 0 radical (unpaired) electrons. The average molecular weight is 309 g/mol. The Morgan fingerprint density at radius 2 is 2.18 bits per heavy atom. The second kappa shape index (κ2) is 5.42. The number of carbonyl (C=O) groups excluding carboxylic acids is 1. The van der Waals surface area contributed by atoms with Crippen LogP contribution in [0.15, 0.2) is 42.7 Å². The summed E-state index contributed by atoms with van der Waals surface area (Å²) in [5.74, 6) is -0.0243. The molecule has 3 aromatic rings. The smallest absolute Gasteiger partial charge is 0.265 e. The van der Waals surface area contributed by atoms with Crippen molar-refractivity contribution >= 4 is 22.9 Å². The summed E-state index contributed by atoms with van der Waals surface area (Å²) >= 11 is 1.62. The van der Waals surface area contributed by atoms with E-state index in [-0.39, 0.29) is 5.91 Å². The van der Waals surface area contributed by atoms with Gasteiger partial charge < -0.3 is 5.32 Å². The van der Waals surface area contributed by atoms with Crippen LogP contribution in [0, 0.1) is 0 Å². The molecule has 1 aliphatic carbocycles. The highest BCUT2D eigenvalue weighted by Gasteiger charge is 2.18. The number of thiophene rings is 1. The number of nitrogens with one attached hydrogen (secondary N) is 2. The Morgan fingerprint density at radius 3 is 3.00 bits per heavy atom. The maximum atomic E-state index is 12.4. The van der Waals surface area contributed by atoms with Crippen LogP contribution in [0.25, 0.3) is 11.1 Å². The molecule has 0 bridgehead atoms. The van der Waals surface area contributed by atoms with E-state index in [2.05, 4.69) is 15.5 Å². The Labute approximate surface area is 132 Å². The van der Waals surface area contributed by atoms with Gasteiger partial charge in [-0.05, 0) is 48.6 Å². The second-order valence-corrected chi connectivity index (χ2v) is 6.57. The van der Waals surface area contributed by atoms with E-state index in [1.54, 1.807) is 17.5 Å². The van der Waals surface area contributed by atoms with Crippen LogP contribution in [-0.4, -0.2) is 16.1 Å². The van der Waals surface area contributed by atoms with Gasteiger partial charge in [-0.1, -0.05) is 12.1 Å². The summed E-state index contributed by atoms with van der Waals surface area (Å²) in [5, 5.41) is 9.74. The number of fused-ring (bicyclic) bond motifs is 1. The van der Waals surface area contributed by atoms with Crippen LogP contribution in [0.1, 0.15) is 26.5 Å². The number of carbonyl (C=O) groups is 1. The van der Waals surface area contributed by atoms with Crippen molar-refractivity contribution in [1.29, 1.82) is 0 Å². The first-order chi connectivity index (χ1) is 10.8. The fraction of sp³-hybridized carbons (Fsp3) is 0.176. The van der Waals surface area contributed by atoms with E-state index < -0.39 is 0 Å². The van der Waals surface area contributed by atoms with Crippen LogP contribution < -0.4 is 5.32 Å². The normalized spacial score (nSPS) is 13.1. The van der Waals surface area contributed by atoms with Gasteiger partial charge in [0.05, 0.1) is 11.1 Å². The van der Waals surface area contributed by atoms with Crippen molar-refractivity contribution in [2.24, 2.45) is 0 Å². The number of hydrogen-bond acceptors (Lipinski definition) is 3. The lowest BCUT2D eigenvalue weighted by molar-refractivity contribution is 0.103. The largest absolute Gasteiger partial charge is 0.321 e. The van der Waals surface area contributed by atoms with Gasteiger partial charge in [-0.15, -0.1) is 11.3 Å². The summed E-state index contributed by atoms with van der Waals surface area (Å²) in [4.78, 5) is 14.6. The van der Waals surface area contributed by atoms with E-state index in [0.29, 0.717) is 0 Å². The van der Waals surface area contributed by atoms with Gasteiger partial charge in [0.2, 0.25) is 0 Å². The molecule has 2 aromatic heterocycles. The standard InChI is InChI=1S/C17H15N3OS/c21-17(16-8-12-4-2-6-15(12)22-16)20-14-5-1-3-11(7-14)13-9-18-19-10-13/h1,3,5,7-10H,2,4,6H2,(H,18,19)(H,20,21). The van der Waals surface area contributed by atoms with Gasteiger partial charge >= 0.3 is 0 Å². The number of benzene rings is 1. The number of amides is 1. The molecule has 4 rings (SSSR count). The second-order valence-electron chi connectivity index (χ2n) is 5.43. The first-order valence-corrected chi connectivity index (χ1v) is 8.13. The molecule has 0 unspecified atom stereocenters. The average Bonchev–Trinajstić information content (AvgIpc) is 3.24. The number of anilines is 1. The molecule has 0 atom stereocenters. The van der Waals surface area contributed by atoms with Crippen molar-refractivity contribution in [3.63, 3.8) is 0 Å². The summed E-state index contributed by atoms with van der Waals surface area (Å²) < 4.78 is 0. The van der Waals surface area contributed by atoms with Crippen LogP contribution in [0.3, 0.4) is 0 Å². The van der Waals surface area contributed by atoms with E-state index in [9.17, 15) is 4.79 Å². The van der Waals surface area contributed by atoms with Crippen molar-refractivity contribution in [2.45, 2.75) is 19.3 Å². The number of aromatic amines is 1. The first kappa shape index (κ1) is 13.3. The Balaban J connectivity index is 1.55. The van der Waals surface area contributed by atoms with E-state index >= 15 is 0 Å². The molecule has 1 aromatic carbocycles. The van der Waals surface area contributed by atoms with Gasteiger partial charge in [-0.3, -0.25) is 9.89 Å². The molecule has 0 saturated heterocycles. The molecule has 2 heterocycles. The summed E-state index contributed by atoms with van der Waals surface area (Å²) in [6, 6.07) is 9.85. The molecular formula is C17H15N3OS. The summed E-state index contributed by atoms with van der Waals surface area (Å²) in [5.41, 5.74) is 4.19. The number of H-pyrrole nitrogens is 1. The van der Waals surface area contributed by atoms with Crippen molar-refractivity contribution in [2.75, 3.05) is 5.32 Å². The molecule has 4 nitrogen and oxygen atoms in total. The van der Waals surface area contributed by atoms with E-state index in [1.807, 2.05) is 36.5 Å². The first-order valence-electron chi connectivity index (χ1n) is 7.32. The zero-order chi connectivity index (χ0) is 14.9. The molecule has 2 N–H and O–H groups in total. The Hall–Kier alpha value is -2.40. The van der Waals surface area contributed by atoms with Crippen molar-refractivity contribution in [3.8, 4) is 11.1 Å². The minimum Gasteiger partial charge on any atom is -0.321 e. The maximum Gasteiger partial charge on any atom is 0.265 e. The van der Waals surface area contributed by atoms with Crippen molar-refractivity contribution in [3.05, 3.63) is 58.0 Å². The molecule has 0 spiro atoms. The molecule has 5 heteroatoms. The quantitative estimate of drug-likeness (QED) is 0.771. The van der Waals surface area contributed by atoms with Crippen molar-refractivity contribution < 1.29 is 4.79 Å². The van der Waals surface area contributed by atoms with Gasteiger partial charge in [-0.2, -0.15) is 5.10 Å². The zero-order valence-electron chi connectivity index (χ0n) is 11.9. The molecule has 0 aliphatic heterocycles. The lowest BCUT2D eigenvalue weighted by atomic mass is 10.1. The van der Waals surface area contributed by atoms with Crippen LogP contribution in [0.5, 0.6) is 0 Å². The van der Waals surface area contributed by atoms with E-state index in [4.69, 9.17) is 0 Å². The third kappa shape index (κ3) is 2.44. The molecular weight excluding hydrogens is 294 g/mol. The lowest BCUT2D eigenvalue weighted by Gasteiger charge is -2.05. The number of aromatic nitrogens is 2. The van der Waals surface area contributed by atoms with E-state index in [1.165, 1.54) is 16.9 Å². The van der Waals surface area contributed by atoms with Crippen LogP contribution in [-0.2, 0) is 12.8 Å². The molecule has 1 aliphatic rings. The van der Waals surface area contributed by atoms with Crippen molar-refractivity contribution in [1.82, 2.24) is 10.2 Å². The third-order valence-electron chi connectivity index (χ3n) is 3.92. The third-order valence-corrected chi connectivity index (χ3v) is 5.16. The topological polar surface area (TPSA) is 57.8 Å². The fourth-order valence-electron chi connectivity index (χ4n) is 2.82. The highest BCUT2D eigenvalue weighted by Crippen LogP contribution is 2.31. The summed E-state index contributed by atoms with van der Waals surface area (Å²) in [6.07, 6.45) is 7.05. The Morgan fingerprint density at radius 1 is 1.23 bits per heavy atom.